The number of unbranched alkanes of at least 4 members (excludes halogenated alkanes) is 1. The molecule has 7 nitrogen and oxygen atoms in total. The van der Waals surface area contributed by atoms with Crippen molar-refractivity contribution >= 4 is 11.2 Å². The SMILES string of the molecule is CCCCn1c(=O)[nH]c(=O)c2c1nc(CNC)n2CC. The van der Waals surface area contributed by atoms with Gasteiger partial charge in [-0.15, -0.1) is 0 Å². The molecule has 2 rings (SSSR count). The van der Waals surface area contributed by atoms with Crippen molar-refractivity contribution in [2.24, 2.45) is 0 Å². The molecule has 2 aromatic rings. The van der Waals surface area contributed by atoms with Crippen LogP contribution in [0, 0.1) is 0 Å². The number of aromatic amines is 1. The van der Waals surface area contributed by atoms with Crippen LogP contribution >= 0.6 is 0 Å². The van der Waals surface area contributed by atoms with Gasteiger partial charge in [0.1, 0.15) is 5.82 Å². The summed E-state index contributed by atoms with van der Waals surface area (Å²) in [5, 5.41) is 3.03. The number of nitrogens with one attached hydrogen (secondary N) is 2. The topological polar surface area (TPSA) is 84.7 Å². The zero-order valence-electron chi connectivity index (χ0n) is 12.2. The Hall–Kier alpha value is -1.89. The Bertz CT molecular complexity index is 710. The summed E-state index contributed by atoms with van der Waals surface area (Å²) in [6, 6.07) is 0. The smallest absolute Gasteiger partial charge is 0.321 e. The molecule has 2 N–H and O–H groups in total. The van der Waals surface area contributed by atoms with Crippen LogP contribution in [0.1, 0.15) is 32.5 Å². The summed E-state index contributed by atoms with van der Waals surface area (Å²) in [4.78, 5) is 30.9. The van der Waals surface area contributed by atoms with Gasteiger partial charge in [0.25, 0.3) is 5.56 Å². The summed E-state index contributed by atoms with van der Waals surface area (Å²) in [6.45, 7) is 5.79. The molecule has 0 radical (unpaired) electrons. The van der Waals surface area contributed by atoms with E-state index in [2.05, 4.69) is 22.2 Å². The Balaban J connectivity index is 2.74. The highest BCUT2D eigenvalue weighted by Crippen LogP contribution is 2.11. The van der Waals surface area contributed by atoms with E-state index in [-0.39, 0.29) is 11.2 Å². The van der Waals surface area contributed by atoms with Gasteiger partial charge < -0.3 is 9.88 Å². The normalized spacial score (nSPS) is 11.3. The number of hydrogen-bond donors (Lipinski definition) is 2. The van der Waals surface area contributed by atoms with Crippen molar-refractivity contribution in [3.63, 3.8) is 0 Å². The third-order valence-corrected chi connectivity index (χ3v) is 3.35. The predicted octanol–water partition coefficient (Wildman–Crippen LogP) is 0.426. The van der Waals surface area contributed by atoms with Crippen LogP contribution in [0.4, 0.5) is 0 Å². The predicted molar refractivity (Wildman–Crippen MR) is 78.0 cm³/mol. The average Bonchev–Trinajstić information content (AvgIpc) is 2.77. The van der Waals surface area contributed by atoms with Crippen molar-refractivity contribution in [3.05, 3.63) is 26.7 Å². The molecule has 0 aliphatic rings. The van der Waals surface area contributed by atoms with E-state index in [9.17, 15) is 9.59 Å². The molecule has 0 fully saturated rings. The molecule has 0 aliphatic heterocycles. The van der Waals surface area contributed by atoms with Gasteiger partial charge in [0.2, 0.25) is 0 Å². The van der Waals surface area contributed by atoms with Crippen molar-refractivity contribution in [1.29, 1.82) is 0 Å². The van der Waals surface area contributed by atoms with Crippen LogP contribution in [0.3, 0.4) is 0 Å². The molecule has 0 unspecified atom stereocenters. The third kappa shape index (κ3) is 2.40. The van der Waals surface area contributed by atoms with Crippen molar-refractivity contribution < 1.29 is 0 Å². The lowest BCUT2D eigenvalue weighted by molar-refractivity contribution is 0.612. The average molecular weight is 279 g/mol. The van der Waals surface area contributed by atoms with Crippen molar-refractivity contribution in [1.82, 2.24) is 24.4 Å². The van der Waals surface area contributed by atoms with Crippen LogP contribution in [-0.2, 0) is 19.6 Å². The second-order valence-corrected chi connectivity index (χ2v) is 4.74. The highest BCUT2D eigenvalue weighted by Gasteiger charge is 2.16. The van der Waals surface area contributed by atoms with Gasteiger partial charge in [-0.05, 0) is 20.4 Å². The van der Waals surface area contributed by atoms with Gasteiger partial charge in [-0.2, -0.15) is 0 Å². The lowest BCUT2D eigenvalue weighted by atomic mass is 10.3. The Kier molecular flexibility index (Phi) is 4.39. The maximum atomic E-state index is 12.1. The molecule has 0 amide bonds. The van der Waals surface area contributed by atoms with Crippen molar-refractivity contribution in [3.8, 4) is 0 Å². The Labute approximate surface area is 116 Å². The monoisotopic (exact) mass is 279 g/mol. The van der Waals surface area contributed by atoms with E-state index in [1.54, 1.807) is 4.57 Å². The maximum absolute atomic E-state index is 12.1. The van der Waals surface area contributed by atoms with E-state index >= 15 is 0 Å². The second kappa shape index (κ2) is 6.04. The molecule has 0 saturated carbocycles. The number of aromatic nitrogens is 4. The van der Waals surface area contributed by atoms with Gasteiger partial charge in [0.05, 0.1) is 6.54 Å². The number of nitrogens with zero attached hydrogens (tertiary/aromatic N) is 3. The molecule has 7 heteroatoms. The van der Waals surface area contributed by atoms with Crippen LogP contribution in [0.5, 0.6) is 0 Å². The number of hydrogen-bond acceptors (Lipinski definition) is 4. The maximum Gasteiger partial charge on any atom is 0.330 e. The molecule has 0 spiro atoms. The number of fused-ring (bicyclic) bond motifs is 1. The van der Waals surface area contributed by atoms with E-state index < -0.39 is 0 Å². The highest BCUT2D eigenvalue weighted by molar-refractivity contribution is 5.70. The third-order valence-electron chi connectivity index (χ3n) is 3.35. The highest BCUT2D eigenvalue weighted by atomic mass is 16.2. The lowest BCUT2D eigenvalue weighted by Gasteiger charge is -2.06. The van der Waals surface area contributed by atoms with Crippen molar-refractivity contribution in [2.75, 3.05) is 7.05 Å². The largest absolute Gasteiger partial charge is 0.330 e. The summed E-state index contributed by atoms with van der Waals surface area (Å²) in [6.07, 6.45) is 1.85. The summed E-state index contributed by atoms with van der Waals surface area (Å²) >= 11 is 0. The molecular formula is C13H21N5O2. The first-order chi connectivity index (χ1) is 9.63. The van der Waals surface area contributed by atoms with E-state index in [4.69, 9.17) is 0 Å². The van der Waals surface area contributed by atoms with Crippen LogP contribution < -0.4 is 16.6 Å². The van der Waals surface area contributed by atoms with Gasteiger partial charge in [-0.3, -0.25) is 14.3 Å². The number of aryl methyl sites for hydroxylation is 2. The first-order valence-electron chi connectivity index (χ1n) is 7.00. The van der Waals surface area contributed by atoms with Crippen molar-refractivity contribution in [2.45, 2.75) is 46.3 Å². The zero-order valence-corrected chi connectivity index (χ0v) is 12.2. The molecular weight excluding hydrogens is 258 g/mol. The molecule has 0 bridgehead atoms. The Morgan fingerprint density at radius 1 is 1.25 bits per heavy atom. The van der Waals surface area contributed by atoms with Gasteiger partial charge in [-0.1, -0.05) is 13.3 Å². The Morgan fingerprint density at radius 3 is 2.60 bits per heavy atom. The van der Waals surface area contributed by atoms with Gasteiger partial charge in [0, 0.05) is 13.1 Å². The first-order valence-corrected chi connectivity index (χ1v) is 7.00. The molecule has 0 aromatic carbocycles. The minimum absolute atomic E-state index is 0.366. The quantitative estimate of drug-likeness (QED) is 0.803. The van der Waals surface area contributed by atoms with Crippen LogP contribution in [0.15, 0.2) is 9.59 Å². The molecule has 2 aromatic heterocycles. The van der Waals surface area contributed by atoms with Crippen LogP contribution in [0.2, 0.25) is 0 Å². The van der Waals surface area contributed by atoms with Gasteiger partial charge in [-0.25, -0.2) is 9.78 Å². The zero-order chi connectivity index (χ0) is 14.7. The van der Waals surface area contributed by atoms with E-state index in [1.165, 1.54) is 0 Å². The molecule has 110 valence electrons. The summed E-state index contributed by atoms with van der Waals surface area (Å²) < 4.78 is 3.41. The minimum atomic E-state index is -0.382. The Morgan fingerprint density at radius 2 is 2.00 bits per heavy atom. The molecule has 0 saturated heterocycles. The molecule has 20 heavy (non-hydrogen) atoms. The van der Waals surface area contributed by atoms with Gasteiger partial charge >= 0.3 is 5.69 Å². The molecule has 2 heterocycles. The second-order valence-electron chi connectivity index (χ2n) is 4.74. The number of imidazole rings is 1. The van der Waals surface area contributed by atoms with E-state index in [0.29, 0.717) is 30.8 Å². The van der Waals surface area contributed by atoms with Crippen LogP contribution in [-0.4, -0.2) is 26.1 Å². The minimum Gasteiger partial charge on any atom is -0.321 e. The number of rotatable bonds is 6. The van der Waals surface area contributed by atoms with E-state index in [1.807, 2.05) is 18.5 Å². The molecule has 0 atom stereocenters. The first kappa shape index (κ1) is 14.5. The standard InChI is InChI=1S/C13H21N5O2/c1-4-6-7-18-11-10(12(19)16-13(18)20)17(5-2)9(15-11)8-14-3/h14H,4-8H2,1-3H3,(H,16,19,20). The van der Waals surface area contributed by atoms with Crippen LogP contribution in [0.25, 0.3) is 11.2 Å². The van der Waals surface area contributed by atoms with Gasteiger partial charge in [0.15, 0.2) is 11.2 Å². The lowest BCUT2D eigenvalue weighted by Crippen LogP contribution is -2.31. The number of H-pyrrole nitrogens is 1. The fraction of sp³-hybridized carbons (Fsp3) is 0.615. The molecule has 0 aliphatic carbocycles. The summed E-state index contributed by atoms with van der Waals surface area (Å²) in [5.41, 5.74) is 0.218. The fourth-order valence-electron chi connectivity index (χ4n) is 2.37. The summed E-state index contributed by atoms with van der Waals surface area (Å²) in [5.74, 6) is 0.770. The summed E-state index contributed by atoms with van der Waals surface area (Å²) in [7, 11) is 1.83. The fourth-order valence-corrected chi connectivity index (χ4v) is 2.37. The van der Waals surface area contributed by atoms with E-state index in [0.717, 1.165) is 18.7 Å².